The topological polar surface area (TPSA) is 97.9 Å². The van der Waals surface area contributed by atoms with Crippen LogP contribution in [0.15, 0.2) is 48.9 Å². The SMILES string of the molecule is CN(c1cc(-c2ccc3nc(Nc4cc(CN5CCNCC5)ccn4)[nH]c3c2)ncn1)C1CCC1. The van der Waals surface area contributed by atoms with Crippen molar-refractivity contribution in [1.82, 2.24) is 35.1 Å². The number of imidazole rings is 1. The highest BCUT2D eigenvalue weighted by atomic mass is 15.2. The molecule has 3 N–H and O–H groups in total. The Hall–Kier alpha value is -3.56. The molecule has 4 heterocycles. The van der Waals surface area contributed by atoms with E-state index in [0.29, 0.717) is 12.0 Å². The Morgan fingerprint density at radius 2 is 1.94 bits per heavy atom. The van der Waals surface area contributed by atoms with Gasteiger partial charge < -0.3 is 20.5 Å². The molecule has 0 bridgehead atoms. The van der Waals surface area contributed by atoms with Crippen molar-refractivity contribution in [2.75, 3.05) is 43.4 Å². The first kappa shape index (κ1) is 21.9. The van der Waals surface area contributed by atoms with Crippen LogP contribution in [-0.2, 0) is 6.54 Å². The summed E-state index contributed by atoms with van der Waals surface area (Å²) in [6.45, 7) is 5.16. The summed E-state index contributed by atoms with van der Waals surface area (Å²) < 4.78 is 0. The van der Waals surface area contributed by atoms with Gasteiger partial charge in [0.1, 0.15) is 18.0 Å². The molecular weight excluding hydrogens is 438 g/mol. The van der Waals surface area contributed by atoms with Gasteiger partial charge in [-0.15, -0.1) is 0 Å². The molecule has 9 nitrogen and oxygen atoms in total. The van der Waals surface area contributed by atoms with Gasteiger partial charge in [-0.1, -0.05) is 6.07 Å². The fourth-order valence-corrected chi connectivity index (χ4v) is 4.78. The monoisotopic (exact) mass is 469 g/mol. The summed E-state index contributed by atoms with van der Waals surface area (Å²) in [6.07, 6.45) is 7.28. The molecule has 0 amide bonds. The van der Waals surface area contributed by atoms with E-state index in [-0.39, 0.29) is 0 Å². The van der Waals surface area contributed by atoms with Crippen molar-refractivity contribution < 1.29 is 0 Å². The first-order valence-electron chi connectivity index (χ1n) is 12.4. The molecule has 1 aliphatic heterocycles. The smallest absolute Gasteiger partial charge is 0.206 e. The summed E-state index contributed by atoms with van der Waals surface area (Å²) in [7, 11) is 2.12. The zero-order valence-corrected chi connectivity index (χ0v) is 20.0. The number of nitrogens with zero attached hydrogens (tertiary/aromatic N) is 6. The molecule has 1 aliphatic carbocycles. The Labute approximate surface area is 205 Å². The lowest BCUT2D eigenvalue weighted by molar-refractivity contribution is 0.233. The molecule has 0 spiro atoms. The van der Waals surface area contributed by atoms with Crippen molar-refractivity contribution >= 4 is 28.6 Å². The molecule has 1 saturated carbocycles. The quantitative estimate of drug-likeness (QED) is 0.378. The van der Waals surface area contributed by atoms with Gasteiger partial charge in [0.2, 0.25) is 5.95 Å². The van der Waals surface area contributed by atoms with E-state index in [2.05, 4.69) is 77.7 Å². The summed E-state index contributed by atoms with van der Waals surface area (Å²) >= 11 is 0. The molecule has 2 fully saturated rings. The molecule has 0 unspecified atom stereocenters. The van der Waals surface area contributed by atoms with E-state index in [1.54, 1.807) is 6.33 Å². The van der Waals surface area contributed by atoms with Gasteiger partial charge in [-0.05, 0) is 49.1 Å². The van der Waals surface area contributed by atoms with Gasteiger partial charge in [0.15, 0.2) is 0 Å². The standard InChI is InChI=1S/C26H31N9/c1-34(20-3-2-4-20)25-15-22(29-17-30-25)19-5-6-21-23(14-19)32-26(31-21)33-24-13-18(7-8-28-24)16-35-11-9-27-10-12-35/h5-8,13-15,17,20,27H,2-4,9-12,16H2,1H3,(H2,28,31,32,33). The second-order valence-corrected chi connectivity index (χ2v) is 9.47. The van der Waals surface area contributed by atoms with Crippen LogP contribution in [0.2, 0.25) is 0 Å². The number of nitrogens with one attached hydrogen (secondary N) is 3. The van der Waals surface area contributed by atoms with Gasteiger partial charge in [0.25, 0.3) is 0 Å². The fourth-order valence-electron chi connectivity index (χ4n) is 4.78. The molecule has 4 aromatic rings. The lowest BCUT2D eigenvalue weighted by atomic mass is 9.92. The summed E-state index contributed by atoms with van der Waals surface area (Å²) in [5.41, 5.74) is 5.04. The number of aromatic nitrogens is 5. The molecule has 2 aliphatic rings. The van der Waals surface area contributed by atoms with E-state index >= 15 is 0 Å². The maximum absolute atomic E-state index is 4.71. The lowest BCUT2D eigenvalue weighted by Gasteiger charge is -2.35. The van der Waals surface area contributed by atoms with Gasteiger partial charge in [-0.25, -0.2) is 19.9 Å². The van der Waals surface area contributed by atoms with Crippen LogP contribution in [0.1, 0.15) is 24.8 Å². The third-order valence-corrected chi connectivity index (χ3v) is 7.10. The second-order valence-electron chi connectivity index (χ2n) is 9.47. The summed E-state index contributed by atoms with van der Waals surface area (Å²) in [5.74, 6) is 2.44. The number of rotatable bonds is 7. The van der Waals surface area contributed by atoms with Gasteiger partial charge in [0.05, 0.1) is 16.7 Å². The Bertz CT molecular complexity index is 1310. The van der Waals surface area contributed by atoms with Crippen LogP contribution < -0.4 is 15.5 Å². The molecule has 180 valence electrons. The Kier molecular flexibility index (Phi) is 6.01. The summed E-state index contributed by atoms with van der Waals surface area (Å²) in [6, 6.07) is 13.0. The number of pyridine rings is 1. The molecule has 1 aromatic carbocycles. The normalized spacial score (nSPS) is 16.8. The molecule has 0 atom stereocenters. The summed E-state index contributed by atoms with van der Waals surface area (Å²) in [4.78, 5) is 26.4. The third kappa shape index (κ3) is 4.82. The van der Waals surface area contributed by atoms with Crippen molar-refractivity contribution in [3.05, 3.63) is 54.5 Å². The number of H-pyrrole nitrogens is 1. The molecule has 0 radical (unpaired) electrons. The molecular formula is C26H31N9. The minimum absolute atomic E-state index is 0.588. The Morgan fingerprint density at radius 3 is 2.77 bits per heavy atom. The number of hydrogen-bond acceptors (Lipinski definition) is 8. The van der Waals surface area contributed by atoms with Crippen LogP contribution in [0, 0.1) is 0 Å². The molecule has 3 aromatic heterocycles. The molecule has 1 saturated heterocycles. The zero-order valence-electron chi connectivity index (χ0n) is 20.0. The number of fused-ring (bicyclic) bond motifs is 1. The maximum Gasteiger partial charge on any atom is 0.206 e. The predicted molar refractivity (Wildman–Crippen MR) is 139 cm³/mol. The van der Waals surface area contributed by atoms with Crippen LogP contribution in [0.3, 0.4) is 0 Å². The first-order chi connectivity index (χ1) is 17.2. The molecule has 6 rings (SSSR count). The van der Waals surface area contributed by atoms with Crippen LogP contribution in [0.5, 0.6) is 0 Å². The average Bonchev–Trinajstić information content (AvgIpc) is 3.25. The van der Waals surface area contributed by atoms with Gasteiger partial charge >= 0.3 is 0 Å². The highest BCUT2D eigenvalue weighted by Crippen LogP contribution is 2.29. The van der Waals surface area contributed by atoms with Crippen LogP contribution >= 0.6 is 0 Å². The Morgan fingerprint density at radius 1 is 1.06 bits per heavy atom. The lowest BCUT2D eigenvalue weighted by Crippen LogP contribution is -2.42. The zero-order chi connectivity index (χ0) is 23.6. The number of benzene rings is 1. The van der Waals surface area contributed by atoms with E-state index in [1.807, 2.05) is 12.3 Å². The minimum atomic E-state index is 0.588. The highest BCUT2D eigenvalue weighted by Gasteiger charge is 2.23. The number of hydrogen-bond donors (Lipinski definition) is 3. The largest absolute Gasteiger partial charge is 0.357 e. The first-order valence-corrected chi connectivity index (χ1v) is 12.4. The van der Waals surface area contributed by atoms with E-state index in [1.165, 1.54) is 24.8 Å². The third-order valence-electron chi connectivity index (χ3n) is 7.10. The van der Waals surface area contributed by atoms with Crippen LogP contribution in [0.4, 0.5) is 17.6 Å². The van der Waals surface area contributed by atoms with Crippen molar-refractivity contribution in [1.29, 1.82) is 0 Å². The van der Waals surface area contributed by atoms with Crippen molar-refractivity contribution in [2.45, 2.75) is 31.8 Å². The van der Waals surface area contributed by atoms with Crippen molar-refractivity contribution in [2.24, 2.45) is 0 Å². The number of piperazine rings is 1. The van der Waals surface area contributed by atoms with Gasteiger partial charge in [0, 0.05) is 63.6 Å². The fraction of sp³-hybridized carbons (Fsp3) is 0.385. The van der Waals surface area contributed by atoms with Crippen LogP contribution in [-0.4, -0.2) is 69.1 Å². The number of aromatic amines is 1. The highest BCUT2D eigenvalue weighted by molar-refractivity contribution is 5.83. The average molecular weight is 470 g/mol. The van der Waals surface area contributed by atoms with E-state index in [9.17, 15) is 0 Å². The number of anilines is 3. The van der Waals surface area contributed by atoms with Gasteiger partial charge in [-0.3, -0.25) is 4.90 Å². The minimum Gasteiger partial charge on any atom is -0.357 e. The predicted octanol–water partition coefficient (Wildman–Crippen LogP) is 3.55. The van der Waals surface area contributed by atoms with E-state index in [0.717, 1.165) is 66.7 Å². The maximum atomic E-state index is 4.71. The van der Waals surface area contributed by atoms with E-state index < -0.39 is 0 Å². The summed E-state index contributed by atoms with van der Waals surface area (Å²) in [5, 5.41) is 6.74. The molecule has 9 heteroatoms. The molecule has 35 heavy (non-hydrogen) atoms. The van der Waals surface area contributed by atoms with Crippen molar-refractivity contribution in [3.63, 3.8) is 0 Å². The van der Waals surface area contributed by atoms with Crippen LogP contribution in [0.25, 0.3) is 22.3 Å². The second kappa shape index (κ2) is 9.59. The van der Waals surface area contributed by atoms with E-state index in [4.69, 9.17) is 4.98 Å². The Balaban J connectivity index is 1.19. The van der Waals surface area contributed by atoms with Crippen molar-refractivity contribution in [3.8, 4) is 11.3 Å². The van der Waals surface area contributed by atoms with Gasteiger partial charge in [-0.2, -0.15) is 0 Å².